The molecule has 2 rings (SSSR count). The normalized spacial score (nSPS) is 11.5. The van der Waals surface area contributed by atoms with Crippen LogP contribution in [0.2, 0.25) is 0 Å². The minimum atomic E-state index is 0.0217. The second-order valence-corrected chi connectivity index (χ2v) is 5.31. The van der Waals surface area contributed by atoms with E-state index >= 15 is 0 Å². The predicted octanol–water partition coefficient (Wildman–Crippen LogP) is 3.60. The second kappa shape index (κ2) is 4.24. The monoisotopic (exact) mass is 229 g/mol. The van der Waals surface area contributed by atoms with Crippen molar-refractivity contribution < 1.29 is 0 Å². The lowest BCUT2D eigenvalue weighted by Crippen LogP contribution is -2.26. The highest BCUT2D eigenvalue weighted by atomic mass is 15.2. The van der Waals surface area contributed by atoms with Gasteiger partial charge in [-0.25, -0.2) is 0 Å². The predicted molar refractivity (Wildman–Crippen MR) is 72.1 cm³/mol. The van der Waals surface area contributed by atoms with Crippen molar-refractivity contribution in [2.75, 3.05) is 5.32 Å². The van der Waals surface area contributed by atoms with Gasteiger partial charge in [0.15, 0.2) is 5.82 Å². The van der Waals surface area contributed by atoms with Crippen molar-refractivity contribution in [1.29, 1.82) is 0 Å². The number of rotatable bonds is 2. The molecule has 0 aliphatic rings. The van der Waals surface area contributed by atoms with Crippen molar-refractivity contribution in [3.8, 4) is 11.3 Å². The van der Waals surface area contributed by atoms with Crippen LogP contribution >= 0.6 is 0 Å². The van der Waals surface area contributed by atoms with Gasteiger partial charge in [-0.05, 0) is 33.3 Å². The zero-order valence-corrected chi connectivity index (χ0v) is 10.8. The molecule has 0 amide bonds. The third-order valence-electron chi connectivity index (χ3n) is 2.57. The maximum atomic E-state index is 4.34. The van der Waals surface area contributed by atoms with E-state index in [1.807, 2.05) is 18.2 Å². The van der Waals surface area contributed by atoms with Gasteiger partial charge in [-0.1, -0.05) is 30.3 Å². The van der Waals surface area contributed by atoms with E-state index in [9.17, 15) is 0 Å². The quantitative estimate of drug-likeness (QED) is 0.826. The molecule has 0 bridgehead atoms. The highest BCUT2D eigenvalue weighted by Gasteiger charge is 2.15. The summed E-state index contributed by atoms with van der Waals surface area (Å²) in [5, 5.41) is 10.8. The van der Waals surface area contributed by atoms with Gasteiger partial charge >= 0.3 is 0 Å². The van der Waals surface area contributed by atoms with Crippen molar-refractivity contribution in [2.45, 2.75) is 33.2 Å². The lowest BCUT2D eigenvalue weighted by Gasteiger charge is -2.20. The molecule has 1 aromatic heterocycles. The molecule has 0 unspecified atom stereocenters. The molecule has 0 saturated carbocycles. The highest BCUT2D eigenvalue weighted by molar-refractivity contribution is 5.68. The van der Waals surface area contributed by atoms with E-state index in [-0.39, 0.29) is 5.54 Å². The Bertz CT molecular complexity index is 492. The molecule has 0 fully saturated rings. The van der Waals surface area contributed by atoms with Gasteiger partial charge in [0.2, 0.25) is 0 Å². The van der Waals surface area contributed by atoms with Crippen LogP contribution in [-0.2, 0) is 0 Å². The zero-order chi connectivity index (χ0) is 12.5. The Morgan fingerprint density at radius 3 is 2.35 bits per heavy atom. The van der Waals surface area contributed by atoms with E-state index in [2.05, 4.69) is 55.3 Å². The summed E-state index contributed by atoms with van der Waals surface area (Å²) in [6, 6.07) is 10.3. The molecule has 1 aromatic carbocycles. The summed E-state index contributed by atoms with van der Waals surface area (Å²) < 4.78 is 0. The summed E-state index contributed by atoms with van der Waals surface area (Å²) in [5.74, 6) is 0.927. The summed E-state index contributed by atoms with van der Waals surface area (Å²) in [5.41, 5.74) is 3.43. The third kappa shape index (κ3) is 2.67. The number of aromatic amines is 1. The maximum Gasteiger partial charge on any atom is 0.151 e. The number of anilines is 1. The number of aromatic nitrogens is 2. The van der Waals surface area contributed by atoms with Crippen LogP contribution in [0.25, 0.3) is 11.3 Å². The molecule has 3 heteroatoms. The highest BCUT2D eigenvalue weighted by Crippen LogP contribution is 2.26. The molecule has 0 saturated heterocycles. The molecule has 0 aliphatic carbocycles. The first kappa shape index (κ1) is 11.7. The van der Waals surface area contributed by atoms with Gasteiger partial charge in [0.25, 0.3) is 0 Å². The van der Waals surface area contributed by atoms with Crippen molar-refractivity contribution in [2.24, 2.45) is 0 Å². The second-order valence-electron chi connectivity index (χ2n) is 5.31. The largest absolute Gasteiger partial charge is 0.364 e. The molecule has 3 nitrogen and oxygen atoms in total. The molecule has 90 valence electrons. The summed E-state index contributed by atoms with van der Waals surface area (Å²) in [6.45, 7) is 8.47. The zero-order valence-electron chi connectivity index (χ0n) is 10.8. The van der Waals surface area contributed by atoms with E-state index in [1.54, 1.807) is 0 Å². The molecule has 2 N–H and O–H groups in total. The summed E-state index contributed by atoms with van der Waals surface area (Å²) in [7, 11) is 0. The number of nitrogens with one attached hydrogen (secondary N) is 2. The molecule has 0 aliphatic heterocycles. The number of nitrogens with zero attached hydrogens (tertiary/aromatic N) is 1. The molecule has 0 radical (unpaired) electrons. The van der Waals surface area contributed by atoms with Crippen molar-refractivity contribution in [3.05, 3.63) is 35.9 Å². The molecule has 1 heterocycles. The maximum absolute atomic E-state index is 4.34. The Morgan fingerprint density at radius 2 is 1.76 bits per heavy atom. The van der Waals surface area contributed by atoms with E-state index in [0.29, 0.717) is 0 Å². The summed E-state index contributed by atoms with van der Waals surface area (Å²) in [6.07, 6.45) is 0. The smallest absolute Gasteiger partial charge is 0.151 e. The molecule has 2 aromatic rings. The third-order valence-corrected chi connectivity index (χ3v) is 2.57. The Kier molecular flexibility index (Phi) is 2.92. The number of H-pyrrole nitrogens is 1. The molecule has 0 atom stereocenters. The fourth-order valence-corrected chi connectivity index (χ4v) is 1.76. The van der Waals surface area contributed by atoms with Crippen molar-refractivity contribution in [3.63, 3.8) is 0 Å². The van der Waals surface area contributed by atoms with Crippen LogP contribution in [0.5, 0.6) is 0 Å². The van der Waals surface area contributed by atoms with Crippen LogP contribution in [0.3, 0.4) is 0 Å². The first-order chi connectivity index (χ1) is 7.97. The summed E-state index contributed by atoms with van der Waals surface area (Å²) in [4.78, 5) is 0. The number of hydrogen-bond acceptors (Lipinski definition) is 2. The molecular formula is C14H19N3. The van der Waals surface area contributed by atoms with Crippen LogP contribution in [0, 0.1) is 6.92 Å². The van der Waals surface area contributed by atoms with Crippen LogP contribution in [-0.4, -0.2) is 15.7 Å². The first-order valence-corrected chi connectivity index (χ1v) is 5.86. The average molecular weight is 229 g/mol. The van der Waals surface area contributed by atoms with Crippen LogP contribution < -0.4 is 5.32 Å². The van der Waals surface area contributed by atoms with Gasteiger partial charge in [0, 0.05) is 11.1 Å². The van der Waals surface area contributed by atoms with Crippen molar-refractivity contribution in [1.82, 2.24) is 10.2 Å². The van der Waals surface area contributed by atoms with E-state index < -0.39 is 0 Å². The molecule has 17 heavy (non-hydrogen) atoms. The Balaban J connectivity index is 2.34. The van der Waals surface area contributed by atoms with Gasteiger partial charge in [-0.15, -0.1) is 0 Å². The minimum absolute atomic E-state index is 0.0217. The fraction of sp³-hybridized carbons (Fsp3) is 0.357. The van der Waals surface area contributed by atoms with E-state index in [4.69, 9.17) is 0 Å². The Hall–Kier alpha value is -1.77. The fourth-order valence-electron chi connectivity index (χ4n) is 1.76. The van der Waals surface area contributed by atoms with Gasteiger partial charge in [-0.3, -0.25) is 5.10 Å². The molecular weight excluding hydrogens is 210 g/mol. The van der Waals surface area contributed by atoms with E-state index in [1.165, 1.54) is 5.56 Å². The van der Waals surface area contributed by atoms with Gasteiger partial charge in [0.05, 0.1) is 5.69 Å². The van der Waals surface area contributed by atoms with Crippen LogP contribution in [0.4, 0.5) is 5.82 Å². The van der Waals surface area contributed by atoms with Gasteiger partial charge in [-0.2, -0.15) is 5.10 Å². The number of hydrogen-bond donors (Lipinski definition) is 2. The van der Waals surface area contributed by atoms with Crippen molar-refractivity contribution >= 4 is 5.82 Å². The van der Waals surface area contributed by atoms with E-state index in [0.717, 1.165) is 17.1 Å². The number of benzene rings is 1. The van der Waals surface area contributed by atoms with Gasteiger partial charge in [0.1, 0.15) is 0 Å². The lowest BCUT2D eigenvalue weighted by atomic mass is 10.1. The standard InChI is InChI=1S/C14H19N3/c1-10-12(11-8-6-5-7-9-11)16-17-13(10)15-14(2,3)4/h5-9H,1-4H3,(H2,15,16,17). The lowest BCUT2D eigenvalue weighted by molar-refractivity contribution is 0.629. The average Bonchev–Trinajstić information content (AvgIpc) is 2.60. The van der Waals surface area contributed by atoms with Gasteiger partial charge < -0.3 is 5.32 Å². The molecule has 0 spiro atoms. The topological polar surface area (TPSA) is 40.7 Å². The van der Waals surface area contributed by atoms with Crippen LogP contribution in [0.15, 0.2) is 30.3 Å². The summed E-state index contributed by atoms with van der Waals surface area (Å²) >= 11 is 0. The Labute approximate surface area is 102 Å². The SMILES string of the molecule is Cc1c(NC(C)(C)C)n[nH]c1-c1ccccc1. The Morgan fingerprint density at radius 1 is 1.12 bits per heavy atom. The van der Waals surface area contributed by atoms with Crippen LogP contribution in [0.1, 0.15) is 26.3 Å². The minimum Gasteiger partial charge on any atom is -0.364 e. The first-order valence-electron chi connectivity index (χ1n) is 5.86.